The van der Waals surface area contributed by atoms with E-state index >= 15 is 0 Å². The standard InChI is InChI=1S/C17H24N2O2/c1-12-2-3-14(10-16(12)20)17(21)19(15-4-5-15)11-13-6-8-18-9-7-13/h2-3,10,13,15,18,20H,4-9,11H2,1H3. The number of rotatable bonds is 4. The number of aryl methyl sites for hydroxylation is 1. The highest BCUT2D eigenvalue weighted by atomic mass is 16.3. The molecule has 1 amide bonds. The number of nitrogens with zero attached hydrogens (tertiary/aromatic N) is 1. The van der Waals surface area contributed by atoms with Crippen LogP contribution in [0.3, 0.4) is 0 Å². The summed E-state index contributed by atoms with van der Waals surface area (Å²) >= 11 is 0. The van der Waals surface area contributed by atoms with Gasteiger partial charge in [-0.15, -0.1) is 0 Å². The van der Waals surface area contributed by atoms with Crippen molar-refractivity contribution in [1.82, 2.24) is 10.2 Å². The van der Waals surface area contributed by atoms with Gasteiger partial charge in [-0.3, -0.25) is 4.79 Å². The molecule has 0 bridgehead atoms. The molecule has 4 nitrogen and oxygen atoms in total. The smallest absolute Gasteiger partial charge is 0.254 e. The van der Waals surface area contributed by atoms with Crippen molar-refractivity contribution in [3.8, 4) is 5.75 Å². The molecule has 2 aliphatic rings. The number of carbonyl (C=O) groups excluding carboxylic acids is 1. The summed E-state index contributed by atoms with van der Waals surface area (Å²) in [6.07, 6.45) is 4.54. The molecule has 1 aliphatic heterocycles. The van der Waals surface area contributed by atoms with Crippen molar-refractivity contribution < 1.29 is 9.90 Å². The molecule has 114 valence electrons. The van der Waals surface area contributed by atoms with E-state index in [0.29, 0.717) is 17.5 Å². The number of hydrogen-bond acceptors (Lipinski definition) is 3. The van der Waals surface area contributed by atoms with E-state index in [4.69, 9.17) is 0 Å². The first kappa shape index (κ1) is 14.4. The fourth-order valence-electron chi connectivity index (χ4n) is 3.03. The van der Waals surface area contributed by atoms with Gasteiger partial charge in [0.1, 0.15) is 5.75 Å². The van der Waals surface area contributed by atoms with E-state index < -0.39 is 0 Å². The van der Waals surface area contributed by atoms with Crippen LogP contribution in [-0.2, 0) is 0 Å². The average molecular weight is 288 g/mol. The number of phenolic OH excluding ortho intramolecular Hbond substituents is 1. The molecule has 1 saturated carbocycles. The number of hydrogen-bond donors (Lipinski definition) is 2. The highest BCUT2D eigenvalue weighted by Gasteiger charge is 2.34. The Hall–Kier alpha value is -1.55. The Morgan fingerprint density at radius 3 is 2.62 bits per heavy atom. The Balaban J connectivity index is 1.73. The molecule has 3 rings (SSSR count). The molecule has 0 aromatic heterocycles. The Labute approximate surface area is 126 Å². The van der Waals surface area contributed by atoms with Crippen LogP contribution in [0, 0.1) is 12.8 Å². The number of aromatic hydroxyl groups is 1. The quantitative estimate of drug-likeness (QED) is 0.894. The van der Waals surface area contributed by atoms with Gasteiger partial charge >= 0.3 is 0 Å². The Morgan fingerprint density at radius 1 is 1.29 bits per heavy atom. The van der Waals surface area contributed by atoms with E-state index in [-0.39, 0.29) is 11.7 Å². The lowest BCUT2D eigenvalue weighted by atomic mass is 9.97. The minimum absolute atomic E-state index is 0.0753. The van der Waals surface area contributed by atoms with Gasteiger partial charge in [-0.1, -0.05) is 6.07 Å². The van der Waals surface area contributed by atoms with Gasteiger partial charge in [-0.2, -0.15) is 0 Å². The molecule has 0 atom stereocenters. The zero-order valence-electron chi connectivity index (χ0n) is 12.6. The third-order valence-corrected chi connectivity index (χ3v) is 4.62. The first-order chi connectivity index (χ1) is 10.1. The van der Waals surface area contributed by atoms with Gasteiger partial charge in [-0.05, 0) is 69.3 Å². The Bertz CT molecular complexity index is 520. The number of carbonyl (C=O) groups is 1. The van der Waals surface area contributed by atoms with Gasteiger partial charge in [0.25, 0.3) is 5.91 Å². The summed E-state index contributed by atoms with van der Waals surface area (Å²) in [6.45, 7) is 4.82. The molecule has 2 fully saturated rings. The predicted octanol–water partition coefficient (Wildman–Crippen LogP) is 2.30. The summed E-state index contributed by atoms with van der Waals surface area (Å²) < 4.78 is 0. The minimum Gasteiger partial charge on any atom is -0.508 e. The second-order valence-electron chi connectivity index (χ2n) is 6.38. The SMILES string of the molecule is Cc1ccc(C(=O)N(CC2CCNCC2)C2CC2)cc1O. The molecule has 1 aromatic carbocycles. The molecule has 4 heteroatoms. The summed E-state index contributed by atoms with van der Waals surface area (Å²) in [5.74, 6) is 0.889. The number of nitrogens with one attached hydrogen (secondary N) is 1. The largest absolute Gasteiger partial charge is 0.508 e. The van der Waals surface area contributed by atoms with Gasteiger partial charge in [0.15, 0.2) is 0 Å². The Kier molecular flexibility index (Phi) is 4.15. The van der Waals surface area contributed by atoms with Gasteiger partial charge < -0.3 is 15.3 Å². The second kappa shape index (κ2) is 6.06. The normalized spacial score (nSPS) is 19.5. The summed E-state index contributed by atoms with van der Waals surface area (Å²) in [5.41, 5.74) is 1.42. The molecule has 21 heavy (non-hydrogen) atoms. The number of phenols is 1. The van der Waals surface area contributed by atoms with Crippen molar-refractivity contribution in [1.29, 1.82) is 0 Å². The molecular weight excluding hydrogens is 264 g/mol. The zero-order valence-corrected chi connectivity index (χ0v) is 12.6. The first-order valence-electron chi connectivity index (χ1n) is 7.96. The summed E-state index contributed by atoms with van der Waals surface area (Å²) in [4.78, 5) is 14.8. The average Bonchev–Trinajstić information content (AvgIpc) is 3.33. The minimum atomic E-state index is 0.0753. The summed E-state index contributed by atoms with van der Waals surface area (Å²) in [6, 6.07) is 5.67. The van der Waals surface area contributed by atoms with Crippen LogP contribution in [0.15, 0.2) is 18.2 Å². The molecule has 0 spiro atoms. The lowest BCUT2D eigenvalue weighted by Gasteiger charge is -2.30. The van der Waals surface area contributed by atoms with Crippen LogP contribution in [-0.4, -0.2) is 41.6 Å². The molecule has 1 saturated heterocycles. The van der Waals surface area contributed by atoms with Crippen molar-refractivity contribution >= 4 is 5.91 Å². The first-order valence-corrected chi connectivity index (χ1v) is 7.96. The summed E-state index contributed by atoms with van der Waals surface area (Å²) in [7, 11) is 0. The van der Waals surface area contributed by atoms with Gasteiger partial charge in [0.2, 0.25) is 0 Å². The van der Waals surface area contributed by atoms with Crippen LogP contribution in [0.2, 0.25) is 0 Å². The molecule has 1 heterocycles. The molecule has 0 radical (unpaired) electrons. The number of piperidine rings is 1. The van der Waals surface area contributed by atoms with E-state index in [1.807, 2.05) is 24.0 Å². The van der Waals surface area contributed by atoms with Gasteiger partial charge in [0.05, 0.1) is 0 Å². The third-order valence-electron chi connectivity index (χ3n) is 4.62. The molecule has 2 N–H and O–H groups in total. The lowest BCUT2D eigenvalue weighted by Crippen LogP contribution is -2.40. The van der Waals surface area contributed by atoms with E-state index in [9.17, 15) is 9.90 Å². The molecule has 0 unspecified atom stereocenters. The van der Waals surface area contributed by atoms with Crippen LogP contribution in [0.1, 0.15) is 41.6 Å². The van der Waals surface area contributed by atoms with Gasteiger partial charge in [-0.25, -0.2) is 0 Å². The lowest BCUT2D eigenvalue weighted by molar-refractivity contribution is 0.0701. The summed E-state index contributed by atoms with van der Waals surface area (Å²) in [5, 5.41) is 13.2. The van der Waals surface area contributed by atoms with E-state index in [2.05, 4.69) is 5.32 Å². The predicted molar refractivity (Wildman–Crippen MR) is 82.5 cm³/mol. The fraction of sp³-hybridized carbons (Fsp3) is 0.588. The maximum atomic E-state index is 12.8. The highest BCUT2D eigenvalue weighted by molar-refractivity contribution is 5.95. The molecular formula is C17H24N2O2. The van der Waals surface area contributed by atoms with Crippen molar-refractivity contribution in [2.24, 2.45) is 5.92 Å². The maximum absolute atomic E-state index is 12.8. The maximum Gasteiger partial charge on any atom is 0.254 e. The number of amides is 1. The second-order valence-corrected chi connectivity index (χ2v) is 6.38. The third kappa shape index (κ3) is 3.38. The van der Waals surface area contributed by atoms with Crippen LogP contribution >= 0.6 is 0 Å². The van der Waals surface area contributed by atoms with Crippen LogP contribution in [0.4, 0.5) is 0 Å². The molecule has 1 aromatic rings. The van der Waals surface area contributed by atoms with Crippen molar-refractivity contribution in [3.63, 3.8) is 0 Å². The van der Waals surface area contributed by atoms with Gasteiger partial charge in [0, 0.05) is 18.2 Å². The van der Waals surface area contributed by atoms with Crippen molar-refractivity contribution in [2.75, 3.05) is 19.6 Å². The van der Waals surface area contributed by atoms with E-state index in [1.54, 1.807) is 6.07 Å². The van der Waals surface area contributed by atoms with E-state index in [0.717, 1.165) is 50.9 Å². The van der Waals surface area contributed by atoms with Crippen LogP contribution in [0.5, 0.6) is 5.75 Å². The topological polar surface area (TPSA) is 52.6 Å². The zero-order chi connectivity index (χ0) is 14.8. The van der Waals surface area contributed by atoms with E-state index in [1.165, 1.54) is 0 Å². The fourth-order valence-corrected chi connectivity index (χ4v) is 3.03. The Morgan fingerprint density at radius 2 is 2.00 bits per heavy atom. The highest BCUT2D eigenvalue weighted by Crippen LogP contribution is 2.31. The van der Waals surface area contributed by atoms with Crippen molar-refractivity contribution in [2.45, 2.75) is 38.6 Å². The van der Waals surface area contributed by atoms with Crippen LogP contribution in [0.25, 0.3) is 0 Å². The van der Waals surface area contributed by atoms with Crippen molar-refractivity contribution in [3.05, 3.63) is 29.3 Å². The monoisotopic (exact) mass is 288 g/mol. The molecule has 1 aliphatic carbocycles. The number of benzene rings is 1. The van der Waals surface area contributed by atoms with Crippen LogP contribution < -0.4 is 5.32 Å².